The standard InChI is InChI=1S/C22H29N5O3/c1-28-14-18-12-21(27-22(25-18)23-15-24-27)26-8-6-16(7-9-26)4-5-17-10-19(29-2)13-20(11-17)30-3/h10-13,15-16H,4-9,14H2,1-3H3. The van der Waals surface area contributed by atoms with Crippen molar-refractivity contribution in [3.8, 4) is 11.5 Å². The van der Waals surface area contributed by atoms with Gasteiger partial charge in [-0.3, -0.25) is 0 Å². The molecule has 1 fully saturated rings. The Morgan fingerprint density at radius 2 is 1.73 bits per heavy atom. The average molecular weight is 412 g/mol. The molecule has 0 bridgehead atoms. The van der Waals surface area contributed by atoms with Gasteiger partial charge in [-0.25, -0.2) is 4.98 Å². The summed E-state index contributed by atoms with van der Waals surface area (Å²) in [5, 5.41) is 4.36. The molecule has 0 N–H and O–H groups in total. The summed E-state index contributed by atoms with van der Waals surface area (Å²) < 4.78 is 17.9. The zero-order valence-electron chi connectivity index (χ0n) is 17.9. The minimum Gasteiger partial charge on any atom is -0.497 e. The van der Waals surface area contributed by atoms with Crippen molar-refractivity contribution < 1.29 is 14.2 Å². The molecule has 0 aliphatic carbocycles. The quantitative estimate of drug-likeness (QED) is 0.564. The number of anilines is 1. The third kappa shape index (κ3) is 4.48. The van der Waals surface area contributed by atoms with Gasteiger partial charge in [0.25, 0.3) is 5.78 Å². The van der Waals surface area contributed by atoms with Crippen LogP contribution < -0.4 is 14.4 Å². The maximum absolute atomic E-state index is 5.39. The van der Waals surface area contributed by atoms with E-state index < -0.39 is 0 Å². The lowest BCUT2D eigenvalue weighted by Crippen LogP contribution is -2.35. The molecule has 0 radical (unpaired) electrons. The normalized spacial score (nSPS) is 15.0. The van der Waals surface area contributed by atoms with E-state index in [9.17, 15) is 0 Å². The highest BCUT2D eigenvalue weighted by molar-refractivity contribution is 5.47. The van der Waals surface area contributed by atoms with E-state index in [4.69, 9.17) is 14.2 Å². The zero-order chi connectivity index (χ0) is 20.9. The Labute approximate surface area is 176 Å². The molecule has 1 aliphatic rings. The van der Waals surface area contributed by atoms with E-state index >= 15 is 0 Å². The number of rotatable bonds is 8. The molecule has 2 aromatic heterocycles. The van der Waals surface area contributed by atoms with Gasteiger partial charge in [-0.05, 0) is 49.3 Å². The van der Waals surface area contributed by atoms with Gasteiger partial charge in [0.1, 0.15) is 23.6 Å². The number of ether oxygens (including phenoxy) is 3. The first-order valence-electron chi connectivity index (χ1n) is 10.4. The molecule has 160 valence electrons. The summed E-state index contributed by atoms with van der Waals surface area (Å²) in [6.45, 7) is 2.46. The van der Waals surface area contributed by atoms with Crippen LogP contribution in [-0.2, 0) is 17.8 Å². The molecule has 1 aliphatic heterocycles. The Bertz CT molecular complexity index is 960. The van der Waals surface area contributed by atoms with Crippen LogP contribution in [-0.4, -0.2) is 54.0 Å². The van der Waals surface area contributed by atoms with Crippen LogP contribution in [0.25, 0.3) is 5.78 Å². The topological polar surface area (TPSA) is 74.0 Å². The smallest absolute Gasteiger partial charge is 0.254 e. The number of fused-ring (bicyclic) bond motifs is 1. The van der Waals surface area contributed by atoms with Crippen LogP contribution >= 0.6 is 0 Å². The SMILES string of the molecule is COCc1cc(N2CCC(CCc3cc(OC)cc(OC)c3)CC2)n2ncnc2n1. The molecule has 0 amide bonds. The molecule has 30 heavy (non-hydrogen) atoms. The number of benzene rings is 1. The summed E-state index contributed by atoms with van der Waals surface area (Å²) >= 11 is 0. The molecule has 0 atom stereocenters. The number of nitrogens with zero attached hydrogens (tertiary/aromatic N) is 5. The lowest BCUT2D eigenvalue weighted by atomic mass is 9.90. The van der Waals surface area contributed by atoms with Gasteiger partial charge in [-0.2, -0.15) is 14.6 Å². The van der Waals surface area contributed by atoms with Crippen LogP contribution in [0.5, 0.6) is 11.5 Å². The first-order chi connectivity index (χ1) is 14.7. The first kappa shape index (κ1) is 20.4. The van der Waals surface area contributed by atoms with Crippen molar-refractivity contribution in [2.24, 2.45) is 5.92 Å². The van der Waals surface area contributed by atoms with E-state index in [0.29, 0.717) is 18.3 Å². The van der Waals surface area contributed by atoms with Crippen molar-refractivity contribution in [3.63, 3.8) is 0 Å². The lowest BCUT2D eigenvalue weighted by Gasteiger charge is -2.33. The minimum atomic E-state index is 0.469. The van der Waals surface area contributed by atoms with Gasteiger partial charge in [0.15, 0.2) is 0 Å². The third-order valence-electron chi connectivity index (χ3n) is 5.77. The van der Waals surface area contributed by atoms with Crippen molar-refractivity contribution in [2.75, 3.05) is 39.3 Å². The number of hydrogen-bond donors (Lipinski definition) is 0. The predicted molar refractivity (Wildman–Crippen MR) is 114 cm³/mol. The second kappa shape index (κ2) is 9.30. The maximum atomic E-state index is 5.39. The van der Waals surface area contributed by atoms with E-state index in [1.54, 1.807) is 27.7 Å². The second-order valence-electron chi connectivity index (χ2n) is 7.70. The number of aromatic nitrogens is 4. The van der Waals surface area contributed by atoms with E-state index in [2.05, 4.69) is 38.2 Å². The third-order valence-corrected chi connectivity index (χ3v) is 5.77. The molecule has 3 heterocycles. The molecule has 0 unspecified atom stereocenters. The van der Waals surface area contributed by atoms with E-state index in [0.717, 1.165) is 61.8 Å². The zero-order valence-corrected chi connectivity index (χ0v) is 17.9. The van der Waals surface area contributed by atoms with Gasteiger partial charge in [-0.15, -0.1) is 0 Å². The highest BCUT2D eigenvalue weighted by Gasteiger charge is 2.22. The van der Waals surface area contributed by atoms with Gasteiger partial charge in [-0.1, -0.05) is 0 Å². The molecule has 0 spiro atoms. The Morgan fingerprint density at radius 3 is 2.40 bits per heavy atom. The molecule has 4 rings (SSSR count). The molecule has 8 nitrogen and oxygen atoms in total. The Morgan fingerprint density at radius 1 is 1.00 bits per heavy atom. The van der Waals surface area contributed by atoms with Crippen LogP contribution in [0.3, 0.4) is 0 Å². The summed E-state index contributed by atoms with van der Waals surface area (Å²) in [4.78, 5) is 11.1. The summed E-state index contributed by atoms with van der Waals surface area (Å²) in [5.74, 6) is 4.06. The number of hydrogen-bond acceptors (Lipinski definition) is 7. The fourth-order valence-corrected chi connectivity index (χ4v) is 4.12. The number of piperidine rings is 1. The van der Waals surface area contributed by atoms with Crippen molar-refractivity contribution in [2.45, 2.75) is 32.3 Å². The van der Waals surface area contributed by atoms with Crippen molar-refractivity contribution in [1.29, 1.82) is 0 Å². The fraction of sp³-hybridized carbons (Fsp3) is 0.500. The monoisotopic (exact) mass is 411 g/mol. The number of methoxy groups -OCH3 is 3. The fourth-order valence-electron chi connectivity index (χ4n) is 4.12. The van der Waals surface area contributed by atoms with Crippen LogP contribution in [0.2, 0.25) is 0 Å². The van der Waals surface area contributed by atoms with Gasteiger partial charge in [0.2, 0.25) is 0 Å². The maximum Gasteiger partial charge on any atom is 0.254 e. The van der Waals surface area contributed by atoms with E-state index in [1.165, 1.54) is 5.56 Å². The average Bonchev–Trinajstić information content (AvgIpc) is 3.26. The molecule has 0 saturated carbocycles. The lowest BCUT2D eigenvalue weighted by molar-refractivity contribution is 0.181. The summed E-state index contributed by atoms with van der Waals surface area (Å²) in [6.07, 6.45) is 6.04. The summed E-state index contributed by atoms with van der Waals surface area (Å²) in [6, 6.07) is 8.19. The van der Waals surface area contributed by atoms with E-state index in [1.807, 2.05) is 10.6 Å². The van der Waals surface area contributed by atoms with E-state index in [-0.39, 0.29) is 0 Å². The van der Waals surface area contributed by atoms with Gasteiger partial charge >= 0.3 is 0 Å². The Balaban J connectivity index is 1.39. The largest absolute Gasteiger partial charge is 0.497 e. The highest BCUT2D eigenvalue weighted by Crippen LogP contribution is 2.29. The molecular weight excluding hydrogens is 382 g/mol. The van der Waals surface area contributed by atoms with Gasteiger partial charge in [0, 0.05) is 32.3 Å². The van der Waals surface area contributed by atoms with Crippen LogP contribution in [0, 0.1) is 5.92 Å². The Hall–Kier alpha value is -2.87. The highest BCUT2D eigenvalue weighted by atomic mass is 16.5. The van der Waals surface area contributed by atoms with Crippen molar-refractivity contribution >= 4 is 11.6 Å². The molecular formula is C22H29N5O3. The molecule has 1 aromatic carbocycles. The first-order valence-corrected chi connectivity index (χ1v) is 10.4. The minimum absolute atomic E-state index is 0.469. The van der Waals surface area contributed by atoms with Gasteiger partial charge < -0.3 is 19.1 Å². The van der Waals surface area contributed by atoms with Crippen LogP contribution in [0.4, 0.5) is 5.82 Å². The van der Waals surface area contributed by atoms with Crippen molar-refractivity contribution in [1.82, 2.24) is 19.6 Å². The summed E-state index contributed by atoms with van der Waals surface area (Å²) in [7, 11) is 5.06. The van der Waals surface area contributed by atoms with Crippen molar-refractivity contribution in [3.05, 3.63) is 41.9 Å². The molecule has 1 saturated heterocycles. The second-order valence-corrected chi connectivity index (χ2v) is 7.70. The number of aryl methyl sites for hydroxylation is 1. The van der Waals surface area contributed by atoms with Crippen LogP contribution in [0.15, 0.2) is 30.6 Å². The summed E-state index contributed by atoms with van der Waals surface area (Å²) in [5.41, 5.74) is 2.14. The Kier molecular flexibility index (Phi) is 6.32. The predicted octanol–water partition coefficient (Wildman–Crippen LogP) is 3.14. The van der Waals surface area contributed by atoms with Crippen LogP contribution in [0.1, 0.15) is 30.5 Å². The molecule has 8 heteroatoms. The van der Waals surface area contributed by atoms with Gasteiger partial charge in [0.05, 0.1) is 26.5 Å². The molecule has 3 aromatic rings.